The fourth-order valence-corrected chi connectivity index (χ4v) is 1.76. The van der Waals surface area contributed by atoms with Crippen LogP contribution >= 0.6 is 22.6 Å². The monoisotopic (exact) mass is 314 g/mol. The van der Waals surface area contributed by atoms with Gasteiger partial charge in [-0.25, -0.2) is 4.68 Å². The Bertz CT molecular complexity index is 464. The molecule has 0 saturated heterocycles. The molecule has 1 unspecified atom stereocenters. The topological polar surface area (TPSA) is 56.7 Å². The molecule has 1 aromatic heterocycles. The van der Waals surface area contributed by atoms with Crippen molar-refractivity contribution in [2.45, 2.75) is 13.0 Å². The Morgan fingerprint density at radius 1 is 1.47 bits per heavy atom. The lowest BCUT2D eigenvalue weighted by Gasteiger charge is -2.00. The molecule has 0 bridgehead atoms. The summed E-state index contributed by atoms with van der Waals surface area (Å²) in [5.74, 6) is 0. The number of nitrogens with two attached hydrogens (primary N) is 1. The third-order valence-corrected chi connectivity index (χ3v) is 2.72. The number of nitrogens with zero attached hydrogens (tertiary/aromatic N) is 3. The Balaban J connectivity index is 2.37. The molecule has 1 heterocycles. The van der Waals surface area contributed by atoms with Crippen LogP contribution in [0.2, 0.25) is 0 Å². The van der Waals surface area contributed by atoms with Gasteiger partial charge in [-0.3, -0.25) is 0 Å². The third kappa shape index (κ3) is 2.35. The predicted octanol–water partition coefficient (Wildman–Crippen LogP) is 1.89. The van der Waals surface area contributed by atoms with Crippen LogP contribution in [0, 0.1) is 3.57 Å². The van der Waals surface area contributed by atoms with Crippen molar-refractivity contribution in [3.63, 3.8) is 0 Å². The van der Waals surface area contributed by atoms with Crippen LogP contribution in [0.15, 0.2) is 30.5 Å². The van der Waals surface area contributed by atoms with Crippen LogP contribution in [0.4, 0.5) is 0 Å². The molecule has 2 aromatic rings. The van der Waals surface area contributed by atoms with Crippen LogP contribution in [0.1, 0.15) is 18.7 Å². The number of halogens is 1. The Morgan fingerprint density at radius 2 is 2.27 bits per heavy atom. The van der Waals surface area contributed by atoms with Crippen molar-refractivity contribution in [2.75, 3.05) is 0 Å². The first kappa shape index (κ1) is 10.6. The summed E-state index contributed by atoms with van der Waals surface area (Å²) in [4.78, 5) is 0. The van der Waals surface area contributed by atoms with Crippen molar-refractivity contribution in [3.05, 3.63) is 39.7 Å². The number of hydrogen-bond donors (Lipinski definition) is 1. The summed E-state index contributed by atoms with van der Waals surface area (Å²) in [6.45, 7) is 1.89. The van der Waals surface area contributed by atoms with Crippen LogP contribution in [0.3, 0.4) is 0 Å². The van der Waals surface area contributed by atoms with Gasteiger partial charge in [-0.05, 0) is 47.7 Å². The summed E-state index contributed by atoms with van der Waals surface area (Å²) in [5.41, 5.74) is 7.52. The highest BCUT2D eigenvalue weighted by Crippen LogP contribution is 2.13. The molecule has 1 aromatic carbocycles. The van der Waals surface area contributed by atoms with Crippen LogP contribution < -0.4 is 5.73 Å². The largest absolute Gasteiger partial charge is 0.323 e. The van der Waals surface area contributed by atoms with E-state index < -0.39 is 0 Å². The van der Waals surface area contributed by atoms with Gasteiger partial charge in [0.2, 0.25) is 0 Å². The molecular weight excluding hydrogens is 303 g/mol. The van der Waals surface area contributed by atoms with Crippen molar-refractivity contribution >= 4 is 22.6 Å². The molecule has 4 nitrogen and oxygen atoms in total. The highest BCUT2D eigenvalue weighted by molar-refractivity contribution is 14.1. The van der Waals surface area contributed by atoms with E-state index in [1.807, 2.05) is 37.4 Å². The van der Waals surface area contributed by atoms with Gasteiger partial charge in [0.15, 0.2) is 0 Å². The van der Waals surface area contributed by atoms with E-state index in [1.165, 1.54) is 3.57 Å². The second kappa shape index (κ2) is 4.28. The predicted molar refractivity (Wildman–Crippen MR) is 66.7 cm³/mol. The molecule has 2 rings (SSSR count). The zero-order valence-electron chi connectivity index (χ0n) is 8.26. The lowest BCUT2D eigenvalue weighted by molar-refractivity contribution is 0.756. The molecule has 0 aliphatic rings. The summed E-state index contributed by atoms with van der Waals surface area (Å²) in [5, 5.41) is 8.04. The van der Waals surface area contributed by atoms with Gasteiger partial charge in [-0.1, -0.05) is 11.3 Å². The van der Waals surface area contributed by atoms with Crippen LogP contribution in [-0.4, -0.2) is 15.0 Å². The lowest BCUT2D eigenvalue weighted by atomic mass is 10.3. The minimum absolute atomic E-state index is 0.0819. The molecule has 5 heteroatoms. The molecule has 0 fully saturated rings. The Kier molecular flexibility index (Phi) is 3.01. The van der Waals surface area contributed by atoms with E-state index in [4.69, 9.17) is 5.73 Å². The maximum Gasteiger partial charge on any atom is 0.0995 e. The van der Waals surface area contributed by atoms with E-state index in [-0.39, 0.29) is 6.04 Å². The minimum atomic E-state index is -0.0819. The van der Waals surface area contributed by atoms with Gasteiger partial charge in [0.1, 0.15) is 0 Å². The summed E-state index contributed by atoms with van der Waals surface area (Å²) in [6.07, 6.45) is 1.86. The van der Waals surface area contributed by atoms with E-state index in [0.717, 1.165) is 11.4 Å². The third-order valence-electron chi connectivity index (χ3n) is 2.05. The first-order valence-electron chi connectivity index (χ1n) is 4.60. The second-order valence-corrected chi connectivity index (χ2v) is 4.60. The fourth-order valence-electron chi connectivity index (χ4n) is 1.23. The van der Waals surface area contributed by atoms with Gasteiger partial charge >= 0.3 is 0 Å². The first-order valence-corrected chi connectivity index (χ1v) is 5.68. The van der Waals surface area contributed by atoms with Crippen molar-refractivity contribution in [1.82, 2.24) is 15.0 Å². The molecule has 0 amide bonds. The van der Waals surface area contributed by atoms with Crippen molar-refractivity contribution in [1.29, 1.82) is 0 Å². The Hall–Kier alpha value is -0.950. The molecule has 0 saturated carbocycles. The molecule has 0 aliphatic carbocycles. The molecular formula is C10H11IN4. The second-order valence-electron chi connectivity index (χ2n) is 3.36. The summed E-state index contributed by atoms with van der Waals surface area (Å²) in [7, 11) is 0. The standard InChI is InChI=1S/C10H11IN4/c1-7(12)10-6-15(14-13-10)9-4-2-3-8(11)5-9/h2-7H,12H2,1H3. The quantitative estimate of drug-likeness (QED) is 0.861. The van der Waals surface area contributed by atoms with Gasteiger partial charge in [0.05, 0.1) is 17.6 Å². The molecule has 0 spiro atoms. The summed E-state index contributed by atoms with van der Waals surface area (Å²) >= 11 is 2.27. The molecule has 0 aliphatic heterocycles. The fraction of sp³-hybridized carbons (Fsp3) is 0.200. The SMILES string of the molecule is CC(N)c1cn(-c2cccc(I)c2)nn1. The summed E-state index contributed by atoms with van der Waals surface area (Å²) < 4.78 is 2.91. The first-order chi connectivity index (χ1) is 7.16. The lowest BCUT2D eigenvalue weighted by Crippen LogP contribution is -2.04. The van der Waals surface area contributed by atoms with E-state index in [0.29, 0.717) is 0 Å². The Morgan fingerprint density at radius 3 is 2.87 bits per heavy atom. The van der Waals surface area contributed by atoms with E-state index in [9.17, 15) is 0 Å². The zero-order chi connectivity index (χ0) is 10.8. The number of aromatic nitrogens is 3. The van der Waals surface area contributed by atoms with E-state index in [1.54, 1.807) is 4.68 Å². The molecule has 1 atom stereocenters. The highest BCUT2D eigenvalue weighted by atomic mass is 127. The minimum Gasteiger partial charge on any atom is -0.323 e. The maximum absolute atomic E-state index is 5.72. The summed E-state index contributed by atoms with van der Waals surface area (Å²) in [6, 6.07) is 7.97. The number of rotatable bonds is 2. The zero-order valence-corrected chi connectivity index (χ0v) is 10.4. The number of benzene rings is 1. The van der Waals surface area contributed by atoms with Gasteiger partial charge in [0.25, 0.3) is 0 Å². The maximum atomic E-state index is 5.72. The molecule has 2 N–H and O–H groups in total. The van der Waals surface area contributed by atoms with Crippen LogP contribution in [0.5, 0.6) is 0 Å². The molecule has 78 valence electrons. The van der Waals surface area contributed by atoms with Crippen molar-refractivity contribution < 1.29 is 0 Å². The van der Waals surface area contributed by atoms with E-state index >= 15 is 0 Å². The van der Waals surface area contributed by atoms with Gasteiger partial charge in [-0.15, -0.1) is 5.10 Å². The van der Waals surface area contributed by atoms with Crippen molar-refractivity contribution in [2.24, 2.45) is 5.73 Å². The molecule has 15 heavy (non-hydrogen) atoms. The number of hydrogen-bond acceptors (Lipinski definition) is 3. The van der Waals surface area contributed by atoms with Crippen LogP contribution in [0.25, 0.3) is 5.69 Å². The van der Waals surface area contributed by atoms with E-state index in [2.05, 4.69) is 32.9 Å². The molecule has 0 radical (unpaired) electrons. The van der Waals surface area contributed by atoms with Gasteiger partial charge < -0.3 is 5.73 Å². The van der Waals surface area contributed by atoms with Gasteiger partial charge in [-0.2, -0.15) is 0 Å². The highest BCUT2D eigenvalue weighted by Gasteiger charge is 2.06. The average Bonchev–Trinajstić information content (AvgIpc) is 2.66. The normalized spacial score (nSPS) is 12.7. The van der Waals surface area contributed by atoms with Gasteiger partial charge in [0, 0.05) is 9.61 Å². The van der Waals surface area contributed by atoms with Crippen molar-refractivity contribution in [3.8, 4) is 5.69 Å². The smallest absolute Gasteiger partial charge is 0.0995 e. The average molecular weight is 314 g/mol. The Labute approximate surface area is 102 Å². The van der Waals surface area contributed by atoms with Crippen LogP contribution in [-0.2, 0) is 0 Å².